The Kier molecular flexibility index (Phi) is 2.41. The minimum Gasteiger partial charge on any atom is -0.246 e. The summed E-state index contributed by atoms with van der Waals surface area (Å²) in [5, 5.41) is 0. The molecule has 1 saturated heterocycles. The summed E-state index contributed by atoms with van der Waals surface area (Å²) in [7, 11) is 1.05. The molecule has 0 spiro atoms. The van der Waals surface area contributed by atoms with Crippen LogP contribution in [0.25, 0.3) is 0 Å². The smallest absolute Gasteiger partial charge is 0.144 e. The average molecular weight is 304 g/mol. The Morgan fingerprint density at radius 3 is 1.90 bits per heavy atom. The molecule has 4 saturated carbocycles. The summed E-state index contributed by atoms with van der Waals surface area (Å²) in [5.74, 6) is 2.79. The van der Waals surface area contributed by atoms with Gasteiger partial charge in [0, 0.05) is 5.41 Å². The van der Waals surface area contributed by atoms with Crippen LogP contribution in [0.5, 0.6) is 0 Å². The van der Waals surface area contributed by atoms with Gasteiger partial charge in [0.05, 0.1) is 0 Å². The second kappa shape index (κ2) is 3.92. The van der Waals surface area contributed by atoms with Crippen LogP contribution in [0.15, 0.2) is 30.3 Å². The molecule has 0 amide bonds. The fourth-order valence-corrected chi connectivity index (χ4v) is 10.2. The first-order chi connectivity index (χ1) is 9.72. The van der Waals surface area contributed by atoms with Crippen molar-refractivity contribution in [3.05, 3.63) is 35.9 Å². The molecule has 20 heavy (non-hydrogen) atoms. The van der Waals surface area contributed by atoms with Crippen LogP contribution in [0.3, 0.4) is 0 Å². The Labute approximate surface area is 126 Å². The number of hydrogen-bond acceptors (Lipinski definition) is 2. The molecular weight excluding hydrogens is 284 g/mol. The van der Waals surface area contributed by atoms with Crippen LogP contribution in [0.4, 0.5) is 0 Å². The summed E-state index contributed by atoms with van der Waals surface area (Å²) in [5.41, 5.74) is 1.68. The molecule has 2 atom stereocenters. The van der Waals surface area contributed by atoms with Crippen LogP contribution >= 0.6 is 10.8 Å². The van der Waals surface area contributed by atoms with Crippen LogP contribution in [0.1, 0.15) is 44.1 Å². The number of rotatable bonds is 2. The molecule has 3 heteroatoms. The predicted molar refractivity (Wildman–Crippen MR) is 84.5 cm³/mol. The van der Waals surface area contributed by atoms with Gasteiger partial charge < -0.3 is 0 Å². The van der Waals surface area contributed by atoms with Crippen LogP contribution < -0.4 is 0 Å². The summed E-state index contributed by atoms with van der Waals surface area (Å²) < 4.78 is 12.5. The molecule has 1 aliphatic heterocycles. The van der Waals surface area contributed by atoms with Gasteiger partial charge in [-0.3, -0.25) is 0 Å². The first kappa shape index (κ1) is 12.3. The Balaban J connectivity index is 1.63. The monoisotopic (exact) mass is 304 g/mol. The molecular formula is C17H20OS2. The maximum absolute atomic E-state index is 12.6. The summed E-state index contributed by atoms with van der Waals surface area (Å²) in [6.45, 7) is 0. The van der Waals surface area contributed by atoms with E-state index in [1.807, 2.05) is 0 Å². The zero-order valence-corrected chi connectivity index (χ0v) is 13.2. The van der Waals surface area contributed by atoms with Gasteiger partial charge in [-0.15, -0.1) is 0 Å². The highest BCUT2D eigenvalue weighted by Gasteiger charge is 2.72. The molecule has 1 nitrogen and oxygen atoms in total. The Bertz CT molecular complexity index is 547. The van der Waals surface area contributed by atoms with Gasteiger partial charge in [-0.1, -0.05) is 30.3 Å². The van der Waals surface area contributed by atoms with Gasteiger partial charge in [-0.2, -0.15) is 0 Å². The summed E-state index contributed by atoms with van der Waals surface area (Å²) >= 11 is 0. The molecule has 5 fully saturated rings. The molecule has 1 aromatic rings. The summed E-state index contributed by atoms with van der Waals surface area (Å²) in [6, 6.07) is 10.8. The number of hydrogen-bond donors (Lipinski definition) is 0. The minimum atomic E-state index is -0.704. The van der Waals surface area contributed by atoms with Crippen molar-refractivity contribution in [2.75, 3.05) is 0 Å². The Morgan fingerprint density at radius 1 is 0.950 bits per heavy atom. The van der Waals surface area contributed by atoms with Crippen molar-refractivity contribution in [1.82, 2.24) is 0 Å². The lowest BCUT2D eigenvalue weighted by molar-refractivity contribution is -0.0587. The average Bonchev–Trinajstić information content (AvgIpc) is 3.12. The molecule has 1 aromatic carbocycles. The second-order valence-corrected chi connectivity index (χ2v) is 11.0. The van der Waals surface area contributed by atoms with Crippen molar-refractivity contribution < 1.29 is 4.21 Å². The summed E-state index contributed by atoms with van der Waals surface area (Å²) in [4.78, 5) is 0. The second-order valence-electron chi connectivity index (χ2n) is 7.50. The normalized spacial score (nSPS) is 52.2. The number of benzene rings is 1. The van der Waals surface area contributed by atoms with E-state index >= 15 is 0 Å². The van der Waals surface area contributed by atoms with E-state index in [-0.39, 0.29) is 4.08 Å². The third-order valence-electron chi connectivity index (χ3n) is 6.29. The van der Waals surface area contributed by atoms with E-state index in [2.05, 4.69) is 30.3 Å². The van der Waals surface area contributed by atoms with Crippen molar-refractivity contribution in [3.63, 3.8) is 0 Å². The van der Waals surface area contributed by atoms with Crippen LogP contribution in [-0.2, 0) is 13.9 Å². The largest absolute Gasteiger partial charge is 0.246 e. The predicted octanol–water partition coefficient (Wildman–Crippen LogP) is 4.47. The van der Waals surface area contributed by atoms with E-state index in [0.29, 0.717) is 5.41 Å². The zero-order valence-electron chi connectivity index (χ0n) is 11.6. The van der Waals surface area contributed by atoms with Crippen LogP contribution in [-0.4, -0.2) is 4.21 Å². The lowest BCUT2D eigenvalue weighted by Crippen LogP contribution is -2.51. The third-order valence-corrected chi connectivity index (χ3v) is 10.3. The lowest BCUT2D eigenvalue weighted by Gasteiger charge is -2.58. The van der Waals surface area contributed by atoms with E-state index < -0.39 is 9.83 Å². The van der Waals surface area contributed by atoms with Gasteiger partial charge in [0.25, 0.3) is 0 Å². The van der Waals surface area contributed by atoms with Crippen molar-refractivity contribution in [2.24, 2.45) is 23.2 Å². The third kappa shape index (κ3) is 1.44. The van der Waals surface area contributed by atoms with E-state index in [1.54, 1.807) is 10.8 Å². The first-order valence-electron chi connectivity index (χ1n) is 7.89. The fraction of sp³-hybridized carbons (Fsp3) is 0.647. The van der Waals surface area contributed by atoms with Gasteiger partial charge in [-0.05, 0) is 72.6 Å². The van der Waals surface area contributed by atoms with Crippen LogP contribution in [0, 0.1) is 23.2 Å². The SMILES string of the molecule is O=S1S[C@]1(c1ccccc1)C12CC3CC(CC(C3)C1)C2. The molecule has 6 rings (SSSR count). The maximum Gasteiger partial charge on any atom is 0.144 e. The topological polar surface area (TPSA) is 17.1 Å². The van der Waals surface area contributed by atoms with Gasteiger partial charge in [0.1, 0.15) is 13.9 Å². The van der Waals surface area contributed by atoms with Crippen molar-refractivity contribution in [2.45, 2.75) is 42.6 Å². The van der Waals surface area contributed by atoms with Crippen molar-refractivity contribution in [1.29, 1.82) is 0 Å². The molecule has 1 unspecified atom stereocenters. The van der Waals surface area contributed by atoms with Gasteiger partial charge >= 0.3 is 0 Å². The summed E-state index contributed by atoms with van der Waals surface area (Å²) in [6.07, 6.45) is 8.40. The fourth-order valence-electron chi connectivity index (χ4n) is 5.98. The Hall–Kier alpha value is -0.280. The highest BCUT2D eigenvalue weighted by atomic mass is 33.2. The molecule has 0 radical (unpaired) electrons. The quantitative estimate of drug-likeness (QED) is 0.592. The lowest BCUT2D eigenvalue weighted by atomic mass is 9.48. The van der Waals surface area contributed by atoms with E-state index in [4.69, 9.17) is 0 Å². The molecule has 5 aliphatic rings. The highest BCUT2D eigenvalue weighted by molar-refractivity contribution is 8.85. The van der Waals surface area contributed by atoms with Gasteiger partial charge in [0.2, 0.25) is 0 Å². The van der Waals surface area contributed by atoms with E-state index in [0.717, 1.165) is 17.8 Å². The zero-order chi connectivity index (χ0) is 13.4. The van der Waals surface area contributed by atoms with Crippen molar-refractivity contribution >= 4 is 20.6 Å². The molecule has 0 N–H and O–H groups in total. The van der Waals surface area contributed by atoms with E-state index in [9.17, 15) is 4.21 Å². The maximum atomic E-state index is 12.6. The highest BCUT2D eigenvalue weighted by Crippen LogP contribution is 2.78. The molecule has 1 heterocycles. The van der Waals surface area contributed by atoms with Crippen LogP contribution in [0.2, 0.25) is 0 Å². The van der Waals surface area contributed by atoms with E-state index in [1.165, 1.54) is 44.1 Å². The van der Waals surface area contributed by atoms with Crippen molar-refractivity contribution in [3.8, 4) is 0 Å². The standard InChI is InChI=1S/C17H20OS2/c18-20-17(19-20,15-4-2-1-3-5-15)16-9-12-6-13(10-16)8-14(7-12)11-16/h1-5,12-14H,6-11H2/t12?,13?,14?,16?,17-,20?/m0/s1. The first-order valence-corrected chi connectivity index (χ1v) is 10.4. The minimum absolute atomic E-state index is 0.0513. The van der Waals surface area contributed by atoms with Gasteiger partial charge in [0.15, 0.2) is 0 Å². The molecule has 106 valence electrons. The Morgan fingerprint density at radius 2 is 1.45 bits per heavy atom. The molecule has 0 aromatic heterocycles. The molecule has 4 bridgehead atoms. The van der Waals surface area contributed by atoms with Gasteiger partial charge in [-0.25, -0.2) is 4.21 Å². The molecule has 4 aliphatic carbocycles.